The van der Waals surface area contributed by atoms with Crippen molar-refractivity contribution in [1.82, 2.24) is 9.97 Å². The molecular formula is C21H21N3O2S. The third kappa shape index (κ3) is 5.31. The number of hydrogen-bond acceptors (Lipinski definition) is 5. The van der Waals surface area contributed by atoms with Gasteiger partial charge in [0.2, 0.25) is 5.91 Å². The summed E-state index contributed by atoms with van der Waals surface area (Å²) in [5.74, 6) is 0.793. The van der Waals surface area contributed by atoms with Gasteiger partial charge in [-0.15, -0.1) is 0 Å². The summed E-state index contributed by atoms with van der Waals surface area (Å²) < 4.78 is 5.33. The van der Waals surface area contributed by atoms with Crippen LogP contribution in [0.2, 0.25) is 0 Å². The van der Waals surface area contributed by atoms with Crippen LogP contribution in [0.15, 0.2) is 71.0 Å². The number of nitrogens with one attached hydrogen (secondary N) is 1. The lowest BCUT2D eigenvalue weighted by Crippen LogP contribution is -2.13. The van der Waals surface area contributed by atoms with Crippen molar-refractivity contribution in [2.45, 2.75) is 29.8 Å². The quantitative estimate of drug-likeness (QED) is 0.612. The van der Waals surface area contributed by atoms with Crippen molar-refractivity contribution in [2.24, 2.45) is 0 Å². The second-order valence-electron chi connectivity index (χ2n) is 5.97. The summed E-state index contributed by atoms with van der Waals surface area (Å²) in [5, 5.41) is 3.69. The molecule has 27 heavy (non-hydrogen) atoms. The molecule has 0 aliphatic heterocycles. The summed E-state index contributed by atoms with van der Waals surface area (Å²) in [6, 6.07) is 15.5. The largest absolute Gasteiger partial charge is 0.496 e. The first-order chi connectivity index (χ1) is 13.2. The SMILES string of the molecule is COc1ccccc1CCC(=O)Nc1ccc(Sc2ncccn2)cc1C. The van der Waals surface area contributed by atoms with Crippen molar-refractivity contribution < 1.29 is 9.53 Å². The maximum Gasteiger partial charge on any atom is 0.224 e. The third-order valence-corrected chi connectivity index (χ3v) is 4.92. The molecule has 0 saturated carbocycles. The Kier molecular flexibility index (Phi) is 6.44. The number of para-hydroxylation sites is 1. The molecule has 0 aliphatic carbocycles. The number of ether oxygens (including phenoxy) is 1. The molecule has 1 aromatic heterocycles. The number of carbonyl (C=O) groups excluding carboxylic acids is 1. The zero-order valence-electron chi connectivity index (χ0n) is 15.3. The second kappa shape index (κ2) is 9.19. The van der Waals surface area contributed by atoms with Crippen molar-refractivity contribution in [3.8, 4) is 5.75 Å². The standard InChI is InChI=1S/C21H21N3O2S/c1-15-14-17(27-21-22-12-5-13-23-21)9-10-18(15)24-20(25)11-8-16-6-3-4-7-19(16)26-2/h3-7,9-10,12-14H,8,11H2,1-2H3,(H,24,25). The van der Waals surface area contributed by atoms with E-state index in [2.05, 4.69) is 15.3 Å². The topological polar surface area (TPSA) is 64.1 Å². The van der Waals surface area contributed by atoms with Crippen molar-refractivity contribution in [2.75, 3.05) is 12.4 Å². The Hall–Kier alpha value is -2.86. The number of aromatic nitrogens is 2. The van der Waals surface area contributed by atoms with Crippen LogP contribution in [0.1, 0.15) is 17.5 Å². The van der Waals surface area contributed by atoms with E-state index in [-0.39, 0.29) is 5.91 Å². The van der Waals surface area contributed by atoms with Crippen molar-refractivity contribution in [3.63, 3.8) is 0 Å². The Labute approximate surface area is 163 Å². The molecule has 1 heterocycles. The summed E-state index contributed by atoms with van der Waals surface area (Å²) >= 11 is 1.49. The van der Waals surface area contributed by atoms with Gasteiger partial charge in [0, 0.05) is 29.4 Å². The van der Waals surface area contributed by atoms with Crippen LogP contribution in [0.25, 0.3) is 0 Å². The number of amides is 1. The van der Waals surface area contributed by atoms with E-state index < -0.39 is 0 Å². The van der Waals surface area contributed by atoms with E-state index in [9.17, 15) is 4.79 Å². The van der Waals surface area contributed by atoms with Gasteiger partial charge in [-0.25, -0.2) is 9.97 Å². The first-order valence-electron chi connectivity index (χ1n) is 8.63. The predicted molar refractivity (Wildman–Crippen MR) is 107 cm³/mol. The molecule has 5 nitrogen and oxygen atoms in total. The van der Waals surface area contributed by atoms with Crippen molar-refractivity contribution in [1.29, 1.82) is 0 Å². The lowest BCUT2D eigenvalue weighted by molar-refractivity contribution is -0.116. The van der Waals surface area contributed by atoms with Crippen LogP contribution in [0.4, 0.5) is 5.69 Å². The molecule has 3 aromatic rings. The van der Waals surface area contributed by atoms with Gasteiger partial charge in [-0.1, -0.05) is 18.2 Å². The number of hydrogen-bond donors (Lipinski definition) is 1. The summed E-state index contributed by atoms with van der Waals surface area (Å²) in [5.41, 5.74) is 2.85. The average Bonchev–Trinajstić information content (AvgIpc) is 2.69. The summed E-state index contributed by atoms with van der Waals surface area (Å²) in [6.07, 6.45) is 4.47. The fraction of sp³-hybridized carbons (Fsp3) is 0.190. The smallest absolute Gasteiger partial charge is 0.224 e. The Morgan fingerprint density at radius 1 is 1.11 bits per heavy atom. The minimum atomic E-state index is -0.0178. The van der Waals surface area contributed by atoms with Crippen LogP contribution in [-0.2, 0) is 11.2 Å². The molecule has 0 bridgehead atoms. The number of nitrogens with zero attached hydrogens (tertiary/aromatic N) is 2. The first kappa shape index (κ1) is 18.9. The van der Waals surface area contributed by atoms with Crippen LogP contribution in [0.3, 0.4) is 0 Å². The molecule has 2 aromatic carbocycles. The van der Waals surface area contributed by atoms with Gasteiger partial charge in [0.25, 0.3) is 0 Å². The minimum absolute atomic E-state index is 0.0178. The van der Waals surface area contributed by atoms with Crippen LogP contribution in [-0.4, -0.2) is 23.0 Å². The number of methoxy groups -OCH3 is 1. The lowest BCUT2D eigenvalue weighted by atomic mass is 10.1. The molecule has 3 rings (SSSR count). The van der Waals surface area contributed by atoms with E-state index in [1.165, 1.54) is 11.8 Å². The highest BCUT2D eigenvalue weighted by atomic mass is 32.2. The van der Waals surface area contributed by atoms with Crippen molar-refractivity contribution >= 4 is 23.4 Å². The molecule has 0 unspecified atom stereocenters. The summed E-state index contributed by atoms with van der Waals surface area (Å²) in [7, 11) is 1.64. The van der Waals surface area contributed by atoms with Gasteiger partial charge < -0.3 is 10.1 Å². The molecule has 0 atom stereocenters. The van der Waals surface area contributed by atoms with E-state index in [4.69, 9.17) is 4.74 Å². The molecule has 6 heteroatoms. The average molecular weight is 379 g/mol. The van der Waals surface area contributed by atoms with Crippen LogP contribution in [0.5, 0.6) is 5.75 Å². The molecule has 0 fully saturated rings. The molecule has 1 amide bonds. The molecule has 0 spiro atoms. The highest BCUT2D eigenvalue weighted by molar-refractivity contribution is 7.99. The zero-order chi connectivity index (χ0) is 19.1. The van der Waals surface area contributed by atoms with Crippen molar-refractivity contribution in [3.05, 3.63) is 72.1 Å². The van der Waals surface area contributed by atoms with E-state index in [0.717, 1.165) is 27.5 Å². The summed E-state index contributed by atoms with van der Waals surface area (Å²) in [6.45, 7) is 1.98. The Morgan fingerprint density at radius 3 is 2.63 bits per heavy atom. The van der Waals surface area contributed by atoms with Crippen LogP contribution < -0.4 is 10.1 Å². The third-order valence-electron chi connectivity index (χ3n) is 4.04. The number of carbonyl (C=O) groups is 1. The molecule has 0 radical (unpaired) electrons. The van der Waals surface area contributed by atoms with Gasteiger partial charge in [-0.3, -0.25) is 4.79 Å². The number of rotatable bonds is 7. The number of aryl methyl sites for hydroxylation is 2. The van der Waals surface area contributed by atoms with Gasteiger partial charge in [-0.05, 0) is 66.6 Å². The fourth-order valence-corrected chi connectivity index (χ4v) is 3.46. The zero-order valence-corrected chi connectivity index (χ0v) is 16.1. The number of benzene rings is 2. The minimum Gasteiger partial charge on any atom is -0.496 e. The molecule has 0 aliphatic rings. The highest BCUT2D eigenvalue weighted by Crippen LogP contribution is 2.28. The highest BCUT2D eigenvalue weighted by Gasteiger charge is 2.09. The van der Waals surface area contributed by atoms with Crippen LogP contribution in [0, 0.1) is 6.92 Å². The number of anilines is 1. The molecule has 0 saturated heterocycles. The molecule has 138 valence electrons. The normalized spacial score (nSPS) is 10.4. The van der Waals surface area contributed by atoms with E-state index >= 15 is 0 Å². The monoisotopic (exact) mass is 379 g/mol. The Bertz CT molecular complexity index is 916. The lowest BCUT2D eigenvalue weighted by Gasteiger charge is -2.11. The Balaban J connectivity index is 1.59. The van der Waals surface area contributed by atoms with Gasteiger partial charge >= 0.3 is 0 Å². The predicted octanol–water partition coefficient (Wildman–Crippen LogP) is 4.52. The van der Waals surface area contributed by atoms with Crippen LogP contribution >= 0.6 is 11.8 Å². The van der Waals surface area contributed by atoms with Gasteiger partial charge in [0.15, 0.2) is 5.16 Å². The summed E-state index contributed by atoms with van der Waals surface area (Å²) in [4.78, 5) is 21.8. The van der Waals surface area contributed by atoms with Gasteiger partial charge in [0.1, 0.15) is 5.75 Å². The molecular weight excluding hydrogens is 358 g/mol. The fourth-order valence-electron chi connectivity index (χ4n) is 2.65. The Morgan fingerprint density at radius 2 is 1.89 bits per heavy atom. The maximum absolute atomic E-state index is 12.3. The van der Waals surface area contributed by atoms with Gasteiger partial charge in [0.05, 0.1) is 7.11 Å². The van der Waals surface area contributed by atoms with E-state index in [1.807, 2.05) is 49.4 Å². The molecule has 1 N–H and O–H groups in total. The van der Waals surface area contributed by atoms with E-state index in [0.29, 0.717) is 18.0 Å². The maximum atomic E-state index is 12.3. The van der Waals surface area contributed by atoms with E-state index in [1.54, 1.807) is 25.6 Å². The van der Waals surface area contributed by atoms with Gasteiger partial charge in [-0.2, -0.15) is 0 Å². The second-order valence-corrected chi connectivity index (χ2v) is 7.01. The first-order valence-corrected chi connectivity index (χ1v) is 9.44.